The molecule has 1 aromatic carbocycles. The fourth-order valence-electron chi connectivity index (χ4n) is 3.67. The summed E-state index contributed by atoms with van der Waals surface area (Å²) < 4.78 is 5.84. The van der Waals surface area contributed by atoms with Gasteiger partial charge in [0.15, 0.2) is 11.3 Å². The quantitative estimate of drug-likeness (QED) is 0.598. The molecule has 1 atom stereocenters. The molecule has 0 aliphatic carbocycles. The number of hydrogen-bond acceptors (Lipinski definition) is 6. The standard InChI is InChI=1S/C20H24N4O2S/c1-14-11-18(22-20(21-14)27-2)23-9-10-26-17(13-23)19(25)24-8-7-15-5-3-4-6-16(15)12-24/h3-6,11,17H,7-10,12-13H2,1-2H3. The maximum absolute atomic E-state index is 13.1. The summed E-state index contributed by atoms with van der Waals surface area (Å²) in [5.41, 5.74) is 3.51. The second kappa shape index (κ2) is 7.86. The normalized spacial score (nSPS) is 19.7. The van der Waals surface area contributed by atoms with Crippen LogP contribution in [-0.4, -0.2) is 59.4 Å². The van der Waals surface area contributed by atoms with Gasteiger partial charge >= 0.3 is 0 Å². The smallest absolute Gasteiger partial charge is 0.253 e. The maximum Gasteiger partial charge on any atom is 0.253 e. The van der Waals surface area contributed by atoms with Gasteiger partial charge in [0.1, 0.15) is 5.82 Å². The fraction of sp³-hybridized carbons (Fsp3) is 0.450. The lowest BCUT2D eigenvalue weighted by molar-refractivity contribution is -0.145. The molecule has 3 heterocycles. The number of hydrogen-bond donors (Lipinski definition) is 0. The lowest BCUT2D eigenvalue weighted by atomic mass is 9.99. The summed E-state index contributed by atoms with van der Waals surface area (Å²) >= 11 is 1.53. The highest BCUT2D eigenvalue weighted by Gasteiger charge is 2.32. The van der Waals surface area contributed by atoms with Gasteiger partial charge in [0, 0.05) is 31.4 Å². The molecule has 2 aromatic rings. The van der Waals surface area contributed by atoms with E-state index in [-0.39, 0.29) is 5.91 Å². The van der Waals surface area contributed by atoms with E-state index in [2.05, 4.69) is 33.1 Å². The molecule has 0 saturated carbocycles. The first kappa shape index (κ1) is 18.3. The number of nitrogens with zero attached hydrogens (tertiary/aromatic N) is 4. The van der Waals surface area contributed by atoms with Crippen LogP contribution in [0.2, 0.25) is 0 Å². The predicted octanol–water partition coefficient (Wildman–Crippen LogP) is 2.30. The minimum absolute atomic E-state index is 0.0741. The van der Waals surface area contributed by atoms with Crippen molar-refractivity contribution in [2.24, 2.45) is 0 Å². The van der Waals surface area contributed by atoms with Crippen molar-refractivity contribution in [3.8, 4) is 0 Å². The van der Waals surface area contributed by atoms with Crippen molar-refractivity contribution < 1.29 is 9.53 Å². The molecule has 4 rings (SSSR count). The number of aromatic nitrogens is 2. The van der Waals surface area contributed by atoms with Crippen molar-refractivity contribution in [3.05, 3.63) is 47.2 Å². The van der Waals surface area contributed by atoms with E-state index in [0.29, 0.717) is 19.7 Å². The van der Waals surface area contributed by atoms with Crippen LogP contribution in [0.1, 0.15) is 16.8 Å². The molecule has 6 nitrogen and oxygen atoms in total. The highest BCUT2D eigenvalue weighted by molar-refractivity contribution is 7.98. The van der Waals surface area contributed by atoms with Crippen LogP contribution in [0, 0.1) is 6.92 Å². The van der Waals surface area contributed by atoms with Gasteiger partial charge in [-0.25, -0.2) is 9.97 Å². The van der Waals surface area contributed by atoms with Crippen LogP contribution in [0.15, 0.2) is 35.5 Å². The molecule has 1 amide bonds. The SMILES string of the molecule is CSc1nc(C)cc(N2CCOC(C(=O)N3CCc4ccccc4C3)C2)n1. The van der Waals surface area contributed by atoms with Gasteiger partial charge in [0.25, 0.3) is 5.91 Å². The molecular formula is C20H24N4O2S. The number of carbonyl (C=O) groups excluding carboxylic acids is 1. The van der Waals surface area contributed by atoms with Crippen molar-refractivity contribution in [1.29, 1.82) is 0 Å². The molecule has 7 heteroatoms. The molecular weight excluding hydrogens is 360 g/mol. The Kier molecular flexibility index (Phi) is 5.31. The summed E-state index contributed by atoms with van der Waals surface area (Å²) in [5, 5.41) is 0.756. The van der Waals surface area contributed by atoms with Crippen molar-refractivity contribution in [1.82, 2.24) is 14.9 Å². The van der Waals surface area contributed by atoms with Gasteiger partial charge in [0.2, 0.25) is 0 Å². The largest absolute Gasteiger partial charge is 0.365 e. The Morgan fingerprint density at radius 3 is 2.85 bits per heavy atom. The van der Waals surface area contributed by atoms with Gasteiger partial charge in [-0.05, 0) is 30.7 Å². The first-order valence-corrected chi connectivity index (χ1v) is 10.5. The maximum atomic E-state index is 13.1. The third-order valence-corrected chi connectivity index (χ3v) is 5.66. The van der Waals surface area contributed by atoms with Crippen LogP contribution in [0.5, 0.6) is 0 Å². The molecule has 1 saturated heterocycles. The van der Waals surface area contributed by atoms with Crippen LogP contribution in [0.3, 0.4) is 0 Å². The minimum Gasteiger partial charge on any atom is -0.365 e. The Morgan fingerprint density at radius 1 is 1.22 bits per heavy atom. The summed E-state index contributed by atoms with van der Waals surface area (Å²) in [6, 6.07) is 10.3. The number of benzene rings is 1. The summed E-state index contributed by atoms with van der Waals surface area (Å²) in [4.78, 5) is 26.2. The molecule has 1 unspecified atom stereocenters. The molecule has 0 N–H and O–H groups in total. The van der Waals surface area contributed by atoms with Crippen LogP contribution >= 0.6 is 11.8 Å². The van der Waals surface area contributed by atoms with E-state index >= 15 is 0 Å². The Balaban J connectivity index is 1.47. The van der Waals surface area contributed by atoms with Crippen LogP contribution < -0.4 is 4.90 Å². The van der Waals surface area contributed by atoms with Crippen LogP contribution in [0.4, 0.5) is 5.82 Å². The highest BCUT2D eigenvalue weighted by Crippen LogP contribution is 2.23. The zero-order chi connectivity index (χ0) is 18.8. The van der Waals surface area contributed by atoms with Gasteiger partial charge in [-0.2, -0.15) is 0 Å². The predicted molar refractivity (Wildman–Crippen MR) is 106 cm³/mol. The van der Waals surface area contributed by atoms with Crippen molar-refractivity contribution in [2.45, 2.75) is 31.1 Å². The highest BCUT2D eigenvalue weighted by atomic mass is 32.2. The topological polar surface area (TPSA) is 58.6 Å². The summed E-state index contributed by atoms with van der Waals surface area (Å²) in [6.45, 7) is 5.17. The van der Waals surface area contributed by atoms with Crippen LogP contribution in [-0.2, 0) is 22.5 Å². The van der Waals surface area contributed by atoms with Crippen molar-refractivity contribution in [2.75, 3.05) is 37.4 Å². The number of amides is 1. The Hall–Kier alpha value is -2.12. The number of rotatable bonds is 3. The first-order chi connectivity index (χ1) is 13.1. The fourth-order valence-corrected chi connectivity index (χ4v) is 4.09. The molecule has 2 aliphatic heterocycles. The Bertz CT molecular complexity index is 844. The molecule has 0 spiro atoms. The van der Waals surface area contributed by atoms with Gasteiger partial charge in [-0.3, -0.25) is 4.79 Å². The average molecular weight is 385 g/mol. The first-order valence-electron chi connectivity index (χ1n) is 9.26. The van der Waals surface area contributed by atoms with Gasteiger partial charge in [-0.15, -0.1) is 0 Å². The molecule has 1 fully saturated rings. The Morgan fingerprint density at radius 2 is 2.04 bits per heavy atom. The zero-order valence-corrected chi connectivity index (χ0v) is 16.5. The third-order valence-electron chi connectivity index (χ3n) is 5.11. The zero-order valence-electron chi connectivity index (χ0n) is 15.7. The van der Waals surface area contributed by atoms with Gasteiger partial charge in [-0.1, -0.05) is 36.0 Å². The molecule has 1 aromatic heterocycles. The average Bonchev–Trinajstić information content (AvgIpc) is 2.72. The van der Waals surface area contributed by atoms with E-state index in [1.807, 2.05) is 30.2 Å². The molecule has 142 valence electrons. The third kappa shape index (κ3) is 3.94. The second-order valence-electron chi connectivity index (χ2n) is 6.94. The number of anilines is 1. The number of carbonyl (C=O) groups is 1. The molecule has 2 aliphatic rings. The number of thioether (sulfide) groups is 1. The van der Waals surface area contributed by atoms with E-state index in [1.165, 1.54) is 22.9 Å². The lowest BCUT2D eigenvalue weighted by Crippen LogP contribution is -2.52. The van der Waals surface area contributed by atoms with E-state index in [4.69, 9.17) is 4.74 Å². The number of fused-ring (bicyclic) bond motifs is 1. The summed E-state index contributed by atoms with van der Waals surface area (Å²) in [6.07, 6.45) is 2.43. The van der Waals surface area contributed by atoms with E-state index in [1.54, 1.807) is 0 Å². The number of ether oxygens (including phenoxy) is 1. The number of morpholine rings is 1. The van der Waals surface area contributed by atoms with Crippen molar-refractivity contribution >= 4 is 23.5 Å². The van der Waals surface area contributed by atoms with Crippen molar-refractivity contribution in [3.63, 3.8) is 0 Å². The molecule has 0 bridgehead atoms. The minimum atomic E-state index is -0.447. The van der Waals surface area contributed by atoms with E-state index < -0.39 is 6.10 Å². The Labute approximate surface area is 163 Å². The molecule has 0 radical (unpaired) electrons. The van der Waals surface area contributed by atoms with E-state index in [0.717, 1.165) is 36.2 Å². The molecule has 27 heavy (non-hydrogen) atoms. The van der Waals surface area contributed by atoms with Gasteiger partial charge in [0.05, 0.1) is 13.2 Å². The van der Waals surface area contributed by atoms with Crippen LogP contribution in [0.25, 0.3) is 0 Å². The summed E-state index contributed by atoms with van der Waals surface area (Å²) in [7, 11) is 0. The van der Waals surface area contributed by atoms with E-state index in [9.17, 15) is 4.79 Å². The van der Waals surface area contributed by atoms with Gasteiger partial charge < -0.3 is 14.5 Å². The lowest BCUT2D eigenvalue weighted by Gasteiger charge is -2.37. The number of aryl methyl sites for hydroxylation is 1. The monoisotopic (exact) mass is 384 g/mol. The second-order valence-corrected chi connectivity index (χ2v) is 7.71. The summed E-state index contributed by atoms with van der Waals surface area (Å²) in [5.74, 6) is 0.946.